The van der Waals surface area contributed by atoms with Crippen LogP contribution in [0.4, 0.5) is 10.1 Å². The Hall–Kier alpha value is -2.02. The normalized spacial score (nSPS) is 11.2. The summed E-state index contributed by atoms with van der Waals surface area (Å²) >= 11 is 12.4. The van der Waals surface area contributed by atoms with Gasteiger partial charge in [0.1, 0.15) is 10.7 Å². The Bertz CT molecular complexity index is 932. The Labute approximate surface area is 145 Å². The van der Waals surface area contributed by atoms with E-state index in [1.54, 1.807) is 36.4 Å². The van der Waals surface area contributed by atoms with Crippen LogP contribution >= 0.6 is 35.2 Å². The standard InChI is InChI=1S/C16H10ClFN2OS2/c17-10-2-1-3-12(8-10)19-9-14-15(21)20(16(22)23-14)13-6-4-11(18)5-7-13/h1-9,21H. The second kappa shape index (κ2) is 6.62. The van der Waals surface area contributed by atoms with Crippen molar-refractivity contribution in [3.8, 4) is 11.6 Å². The van der Waals surface area contributed by atoms with Crippen molar-refractivity contribution in [2.24, 2.45) is 4.99 Å². The summed E-state index contributed by atoms with van der Waals surface area (Å²) in [5.41, 5.74) is 1.26. The van der Waals surface area contributed by atoms with Crippen molar-refractivity contribution < 1.29 is 9.50 Å². The van der Waals surface area contributed by atoms with Crippen LogP contribution in [0.15, 0.2) is 53.5 Å². The molecule has 0 unspecified atom stereocenters. The fraction of sp³-hybridized carbons (Fsp3) is 0. The summed E-state index contributed by atoms with van der Waals surface area (Å²) in [7, 11) is 0. The number of hydrogen-bond acceptors (Lipinski definition) is 4. The van der Waals surface area contributed by atoms with Gasteiger partial charge in [-0.15, -0.1) is 0 Å². The lowest BCUT2D eigenvalue weighted by atomic mass is 10.3. The molecule has 23 heavy (non-hydrogen) atoms. The third kappa shape index (κ3) is 3.50. The molecule has 0 saturated heterocycles. The van der Waals surface area contributed by atoms with Crippen LogP contribution in [0.3, 0.4) is 0 Å². The average molecular weight is 365 g/mol. The summed E-state index contributed by atoms with van der Waals surface area (Å²) in [5.74, 6) is -0.380. The molecular weight excluding hydrogens is 355 g/mol. The van der Waals surface area contributed by atoms with E-state index in [4.69, 9.17) is 23.8 Å². The fourth-order valence-electron chi connectivity index (χ4n) is 1.97. The number of aromatic hydroxyl groups is 1. The van der Waals surface area contributed by atoms with E-state index in [0.29, 0.717) is 25.2 Å². The molecule has 116 valence electrons. The number of hydrogen-bond donors (Lipinski definition) is 1. The fourth-order valence-corrected chi connectivity index (χ4v) is 3.38. The highest BCUT2D eigenvalue weighted by Gasteiger charge is 2.12. The zero-order chi connectivity index (χ0) is 16.4. The predicted molar refractivity (Wildman–Crippen MR) is 94.8 cm³/mol. The average Bonchev–Trinajstić information content (AvgIpc) is 2.81. The van der Waals surface area contributed by atoms with Crippen LogP contribution in [0.25, 0.3) is 5.69 Å². The van der Waals surface area contributed by atoms with Crippen LogP contribution in [0.5, 0.6) is 5.88 Å². The molecule has 0 radical (unpaired) electrons. The highest BCUT2D eigenvalue weighted by molar-refractivity contribution is 7.73. The van der Waals surface area contributed by atoms with Gasteiger partial charge in [0.25, 0.3) is 0 Å². The number of aromatic nitrogens is 1. The second-order valence-corrected chi connectivity index (χ2v) is 6.72. The molecule has 0 atom stereocenters. The maximum Gasteiger partial charge on any atom is 0.216 e. The Morgan fingerprint density at radius 1 is 1.22 bits per heavy atom. The summed E-state index contributed by atoms with van der Waals surface area (Å²) in [6.07, 6.45) is 1.53. The van der Waals surface area contributed by atoms with Gasteiger partial charge in [-0.2, -0.15) is 0 Å². The zero-order valence-electron chi connectivity index (χ0n) is 11.6. The number of aliphatic imine (C=N–C) groups is 1. The summed E-state index contributed by atoms with van der Waals surface area (Å²) in [4.78, 5) is 4.79. The van der Waals surface area contributed by atoms with Crippen molar-refractivity contribution in [2.45, 2.75) is 0 Å². The molecule has 0 amide bonds. The van der Waals surface area contributed by atoms with Crippen LogP contribution in [-0.4, -0.2) is 15.9 Å². The molecule has 1 N–H and O–H groups in total. The summed E-state index contributed by atoms with van der Waals surface area (Å²) in [6, 6.07) is 12.8. The summed E-state index contributed by atoms with van der Waals surface area (Å²) in [5, 5.41) is 10.9. The molecule has 3 rings (SSSR count). The van der Waals surface area contributed by atoms with Gasteiger partial charge in [-0.05, 0) is 54.7 Å². The van der Waals surface area contributed by atoms with Crippen molar-refractivity contribution in [2.75, 3.05) is 0 Å². The van der Waals surface area contributed by atoms with Crippen molar-refractivity contribution in [1.29, 1.82) is 0 Å². The minimum atomic E-state index is -0.349. The lowest BCUT2D eigenvalue weighted by Gasteiger charge is -2.04. The lowest BCUT2D eigenvalue weighted by Crippen LogP contribution is -1.93. The van der Waals surface area contributed by atoms with Gasteiger partial charge in [0.2, 0.25) is 5.88 Å². The van der Waals surface area contributed by atoms with Gasteiger partial charge in [-0.3, -0.25) is 9.56 Å². The first-order valence-electron chi connectivity index (χ1n) is 6.55. The van der Waals surface area contributed by atoms with E-state index >= 15 is 0 Å². The Balaban J connectivity index is 1.98. The summed E-state index contributed by atoms with van der Waals surface area (Å²) < 4.78 is 14.9. The molecule has 1 heterocycles. The van der Waals surface area contributed by atoms with E-state index in [2.05, 4.69) is 4.99 Å². The van der Waals surface area contributed by atoms with E-state index in [1.807, 2.05) is 0 Å². The van der Waals surface area contributed by atoms with Crippen LogP contribution < -0.4 is 0 Å². The van der Waals surface area contributed by atoms with E-state index in [9.17, 15) is 9.50 Å². The van der Waals surface area contributed by atoms with Gasteiger partial charge < -0.3 is 5.11 Å². The summed E-state index contributed by atoms with van der Waals surface area (Å²) in [6.45, 7) is 0. The van der Waals surface area contributed by atoms with Gasteiger partial charge in [-0.25, -0.2) is 4.39 Å². The van der Waals surface area contributed by atoms with Crippen molar-refractivity contribution in [3.05, 3.63) is 68.2 Å². The molecule has 0 aliphatic carbocycles. The third-order valence-electron chi connectivity index (χ3n) is 3.04. The second-order valence-electron chi connectivity index (χ2n) is 4.61. The molecule has 0 bridgehead atoms. The van der Waals surface area contributed by atoms with Crippen LogP contribution in [0.2, 0.25) is 5.02 Å². The first-order chi connectivity index (χ1) is 11.0. The highest BCUT2D eigenvalue weighted by Crippen LogP contribution is 2.29. The number of nitrogens with zero attached hydrogens (tertiary/aromatic N) is 2. The maximum atomic E-state index is 13.0. The molecule has 3 nitrogen and oxygen atoms in total. The highest BCUT2D eigenvalue weighted by atomic mass is 35.5. The Morgan fingerprint density at radius 2 is 1.96 bits per heavy atom. The predicted octanol–water partition coefficient (Wildman–Crippen LogP) is 5.52. The van der Waals surface area contributed by atoms with Gasteiger partial charge in [0.05, 0.1) is 17.6 Å². The smallest absolute Gasteiger partial charge is 0.216 e. The zero-order valence-corrected chi connectivity index (χ0v) is 14.0. The minimum absolute atomic E-state index is 0.0302. The van der Waals surface area contributed by atoms with Gasteiger partial charge >= 0.3 is 0 Å². The van der Waals surface area contributed by atoms with Crippen molar-refractivity contribution >= 4 is 47.1 Å². The number of benzene rings is 2. The molecule has 0 aliphatic heterocycles. The van der Waals surface area contributed by atoms with Crippen LogP contribution in [0.1, 0.15) is 4.88 Å². The van der Waals surface area contributed by atoms with Crippen molar-refractivity contribution in [3.63, 3.8) is 0 Å². The number of halogens is 2. The van der Waals surface area contributed by atoms with Crippen LogP contribution in [0, 0.1) is 9.77 Å². The number of thiazole rings is 1. The minimum Gasteiger partial charge on any atom is -0.493 e. The van der Waals surface area contributed by atoms with E-state index in [1.165, 1.54) is 34.3 Å². The molecule has 0 spiro atoms. The van der Waals surface area contributed by atoms with Gasteiger partial charge in [0.15, 0.2) is 3.95 Å². The molecular formula is C16H10ClFN2OS2. The first kappa shape index (κ1) is 15.9. The Morgan fingerprint density at radius 3 is 2.65 bits per heavy atom. The van der Waals surface area contributed by atoms with E-state index in [0.717, 1.165) is 0 Å². The molecule has 0 aliphatic rings. The van der Waals surface area contributed by atoms with E-state index in [-0.39, 0.29) is 11.7 Å². The topological polar surface area (TPSA) is 37.5 Å². The van der Waals surface area contributed by atoms with Crippen LogP contribution in [-0.2, 0) is 0 Å². The lowest BCUT2D eigenvalue weighted by molar-refractivity contribution is 0.441. The maximum absolute atomic E-state index is 13.0. The molecule has 1 aromatic heterocycles. The molecule has 7 heteroatoms. The molecule has 2 aromatic carbocycles. The van der Waals surface area contributed by atoms with Gasteiger partial charge in [-0.1, -0.05) is 29.0 Å². The Kier molecular flexibility index (Phi) is 4.56. The molecule has 0 fully saturated rings. The third-order valence-corrected chi connectivity index (χ3v) is 4.57. The largest absolute Gasteiger partial charge is 0.493 e. The van der Waals surface area contributed by atoms with E-state index < -0.39 is 0 Å². The monoisotopic (exact) mass is 364 g/mol. The number of rotatable bonds is 3. The molecule has 3 aromatic rings. The van der Waals surface area contributed by atoms with Crippen molar-refractivity contribution in [1.82, 2.24) is 4.57 Å². The molecule has 0 saturated carbocycles. The quantitative estimate of drug-likeness (QED) is 0.491. The SMILES string of the molecule is Oc1c(C=Nc2cccc(Cl)c2)sc(=S)n1-c1ccc(F)cc1. The first-order valence-corrected chi connectivity index (χ1v) is 8.15. The van der Waals surface area contributed by atoms with Gasteiger partial charge in [0, 0.05) is 5.02 Å².